The van der Waals surface area contributed by atoms with Gasteiger partial charge in [-0.15, -0.1) is 0 Å². The third kappa shape index (κ3) is 4.07. The van der Waals surface area contributed by atoms with E-state index in [1.54, 1.807) is 12.1 Å². The van der Waals surface area contributed by atoms with Gasteiger partial charge in [-0.05, 0) is 24.5 Å². The van der Waals surface area contributed by atoms with E-state index in [1.807, 2.05) is 5.32 Å². The number of carbonyl (C=O) groups is 1. The fraction of sp³-hybridized carbons (Fsp3) is 0.364. The SMILES string of the molecule is O=C(Nc1ccccc1CCCO)C(F)(F)F. The van der Waals surface area contributed by atoms with Gasteiger partial charge in [0.2, 0.25) is 0 Å². The van der Waals surface area contributed by atoms with E-state index in [0.717, 1.165) is 0 Å². The zero-order valence-electron chi connectivity index (χ0n) is 8.92. The summed E-state index contributed by atoms with van der Waals surface area (Å²) in [7, 11) is 0. The van der Waals surface area contributed by atoms with Crippen molar-refractivity contribution in [2.75, 3.05) is 11.9 Å². The fourth-order valence-corrected chi connectivity index (χ4v) is 1.32. The lowest BCUT2D eigenvalue weighted by Gasteiger charge is -2.11. The predicted octanol–water partition coefficient (Wildman–Crippen LogP) is 2.11. The Bertz CT molecular complexity index is 391. The second kappa shape index (κ2) is 5.67. The molecule has 0 aliphatic rings. The van der Waals surface area contributed by atoms with E-state index < -0.39 is 12.1 Å². The Morgan fingerprint density at radius 3 is 2.53 bits per heavy atom. The van der Waals surface area contributed by atoms with E-state index in [9.17, 15) is 18.0 Å². The van der Waals surface area contributed by atoms with E-state index >= 15 is 0 Å². The second-order valence-corrected chi connectivity index (χ2v) is 3.44. The average Bonchev–Trinajstić information content (AvgIpc) is 2.26. The van der Waals surface area contributed by atoms with Gasteiger partial charge in [0.1, 0.15) is 0 Å². The van der Waals surface area contributed by atoms with Crippen LogP contribution >= 0.6 is 0 Å². The van der Waals surface area contributed by atoms with Crippen molar-refractivity contribution in [2.45, 2.75) is 19.0 Å². The van der Waals surface area contributed by atoms with Gasteiger partial charge in [-0.1, -0.05) is 18.2 Å². The maximum absolute atomic E-state index is 12.1. The number of aliphatic hydroxyl groups excluding tert-OH is 1. The molecule has 1 rings (SSSR count). The number of rotatable bonds is 4. The van der Waals surface area contributed by atoms with Crippen molar-refractivity contribution in [1.29, 1.82) is 0 Å². The van der Waals surface area contributed by atoms with Crippen LogP contribution < -0.4 is 5.32 Å². The number of carbonyl (C=O) groups excluding carboxylic acids is 1. The lowest BCUT2D eigenvalue weighted by molar-refractivity contribution is -0.167. The number of amides is 1. The number of anilines is 1. The van der Waals surface area contributed by atoms with Crippen molar-refractivity contribution >= 4 is 11.6 Å². The van der Waals surface area contributed by atoms with Gasteiger partial charge in [0.15, 0.2) is 0 Å². The summed E-state index contributed by atoms with van der Waals surface area (Å²) in [5, 5.41) is 10.5. The van der Waals surface area contributed by atoms with Crippen LogP contribution in [0, 0.1) is 0 Å². The summed E-state index contributed by atoms with van der Waals surface area (Å²) in [5.41, 5.74) is 0.697. The maximum atomic E-state index is 12.1. The van der Waals surface area contributed by atoms with Crippen molar-refractivity contribution < 1.29 is 23.1 Å². The molecule has 0 spiro atoms. The highest BCUT2D eigenvalue weighted by Crippen LogP contribution is 2.21. The number of halogens is 3. The van der Waals surface area contributed by atoms with Gasteiger partial charge in [0, 0.05) is 12.3 Å². The molecule has 17 heavy (non-hydrogen) atoms. The minimum atomic E-state index is -4.90. The summed E-state index contributed by atoms with van der Waals surface area (Å²) in [6, 6.07) is 6.21. The van der Waals surface area contributed by atoms with Crippen LogP contribution in [-0.2, 0) is 11.2 Å². The standard InChI is InChI=1S/C11H12F3NO2/c12-11(13,14)10(17)15-9-6-2-1-4-8(9)5-3-7-16/h1-2,4,6,16H,3,5,7H2,(H,15,17). The molecule has 0 atom stereocenters. The molecule has 0 aromatic heterocycles. The molecule has 0 heterocycles. The molecule has 0 bridgehead atoms. The van der Waals surface area contributed by atoms with Gasteiger partial charge in [0.25, 0.3) is 0 Å². The molecule has 94 valence electrons. The maximum Gasteiger partial charge on any atom is 0.471 e. The zero-order valence-corrected chi connectivity index (χ0v) is 8.92. The number of hydrogen-bond acceptors (Lipinski definition) is 2. The first-order valence-corrected chi connectivity index (χ1v) is 5.02. The van der Waals surface area contributed by atoms with Crippen molar-refractivity contribution in [2.24, 2.45) is 0 Å². The lowest BCUT2D eigenvalue weighted by Crippen LogP contribution is -2.30. The number of aliphatic hydroxyl groups is 1. The molecule has 1 amide bonds. The summed E-state index contributed by atoms with van der Waals surface area (Å²) in [6.45, 7) is -0.0540. The topological polar surface area (TPSA) is 49.3 Å². The van der Waals surface area contributed by atoms with Crippen molar-refractivity contribution in [3.8, 4) is 0 Å². The Balaban J connectivity index is 2.80. The Kier molecular flexibility index (Phi) is 4.51. The lowest BCUT2D eigenvalue weighted by atomic mass is 10.1. The van der Waals surface area contributed by atoms with Crippen LogP contribution in [0.15, 0.2) is 24.3 Å². The molecular formula is C11H12F3NO2. The Labute approximate surface area is 96.3 Å². The Morgan fingerprint density at radius 2 is 1.94 bits per heavy atom. The molecule has 0 saturated carbocycles. The molecule has 2 N–H and O–H groups in total. The molecule has 0 aliphatic carbocycles. The molecule has 0 saturated heterocycles. The summed E-state index contributed by atoms with van der Waals surface area (Å²) < 4.78 is 36.2. The average molecular weight is 247 g/mol. The second-order valence-electron chi connectivity index (χ2n) is 3.44. The fourth-order valence-electron chi connectivity index (χ4n) is 1.32. The van der Waals surface area contributed by atoms with E-state index in [1.165, 1.54) is 12.1 Å². The highest BCUT2D eigenvalue weighted by molar-refractivity contribution is 5.95. The zero-order chi connectivity index (χ0) is 12.9. The van der Waals surface area contributed by atoms with Crippen molar-refractivity contribution in [1.82, 2.24) is 0 Å². The number of nitrogens with one attached hydrogen (secondary N) is 1. The summed E-state index contributed by atoms with van der Waals surface area (Å²) in [5.74, 6) is -1.99. The Morgan fingerprint density at radius 1 is 1.29 bits per heavy atom. The molecule has 0 fully saturated rings. The number of hydrogen-bond donors (Lipinski definition) is 2. The summed E-state index contributed by atoms with van der Waals surface area (Å²) in [6.07, 6.45) is -4.06. The van der Waals surface area contributed by atoms with Crippen LogP contribution in [0.5, 0.6) is 0 Å². The first-order chi connectivity index (χ1) is 7.95. The van der Waals surface area contributed by atoms with E-state index in [0.29, 0.717) is 18.4 Å². The smallest absolute Gasteiger partial charge is 0.396 e. The highest BCUT2D eigenvalue weighted by atomic mass is 19.4. The van der Waals surface area contributed by atoms with Gasteiger partial charge in [-0.3, -0.25) is 4.79 Å². The Hall–Kier alpha value is -1.56. The minimum Gasteiger partial charge on any atom is -0.396 e. The summed E-state index contributed by atoms with van der Waals surface area (Å²) in [4.78, 5) is 10.8. The summed E-state index contributed by atoms with van der Waals surface area (Å²) >= 11 is 0. The monoisotopic (exact) mass is 247 g/mol. The van der Waals surface area contributed by atoms with E-state index in [2.05, 4.69) is 0 Å². The third-order valence-electron chi connectivity index (χ3n) is 2.13. The van der Waals surface area contributed by atoms with Crippen LogP contribution in [0.1, 0.15) is 12.0 Å². The molecular weight excluding hydrogens is 235 g/mol. The molecule has 3 nitrogen and oxygen atoms in total. The highest BCUT2D eigenvalue weighted by Gasteiger charge is 2.38. The third-order valence-corrected chi connectivity index (χ3v) is 2.13. The van der Waals surface area contributed by atoms with Crippen LogP contribution in [-0.4, -0.2) is 23.8 Å². The number of benzene rings is 1. The number of alkyl halides is 3. The molecule has 6 heteroatoms. The molecule has 0 radical (unpaired) electrons. The number of aryl methyl sites for hydroxylation is 1. The normalized spacial score (nSPS) is 11.3. The van der Waals surface area contributed by atoms with E-state index in [4.69, 9.17) is 5.11 Å². The minimum absolute atomic E-state index is 0.0540. The van der Waals surface area contributed by atoms with Gasteiger partial charge in [-0.2, -0.15) is 13.2 Å². The quantitative estimate of drug-likeness (QED) is 0.856. The largest absolute Gasteiger partial charge is 0.471 e. The molecule has 1 aromatic rings. The van der Waals surface area contributed by atoms with Gasteiger partial charge in [-0.25, -0.2) is 0 Å². The number of para-hydroxylation sites is 1. The molecule has 0 aliphatic heterocycles. The van der Waals surface area contributed by atoms with Crippen molar-refractivity contribution in [3.05, 3.63) is 29.8 Å². The van der Waals surface area contributed by atoms with Crippen LogP contribution in [0.25, 0.3) is 0 Å². The first kappa shape index (κ1) is 13.5. The van der Waals surface area contributed by atoms with Gasteiger partial charge >= 0.3 is 12.1 Å². The molecule has 0 unspecified atom stereocenters. The predicted molar refractivity (Wildman–Crippen MR) is 56.5 cm³/mol. The van der Waals surface area contributed by atoms with E-state index in [-0.39, 0.29) is 12.3 Å². The molecule has 1 aromatic carbocycles. The van der Waals surface area contributed by atoms with Gasteiger partial charge in [0.05, 0.1) is 0 Å². The van der Waals surface area contributed by atoms with Crippen LogP contribution in [0.2, 0.25) is 0 Å². The van der Waals surface area contributed by atoms with Crippen LogP contribution in [0.3, 0.4) is 0 Å². The first-order valence-electron chi connectivity index (χ1n) is 5.02. The van der Waals surface area contributed by atoms with Crippen LogP contribution in [0.4, 0.5) is 18.9 Å². The van der Waals surface area contributed by atoms with Gasteiger partial charge < -0.3 is 10.4 Å². The van der Waals surface area contributed by atoms with Crippen molar-refractivity contribution in [3.63, 3.8) is 0 Å².